The van der Waals surface area contributed by atoms with Crippen LogP contribution in [0.2, 0.25) is 10.0 Å². The van der Waals surface area contributed by atoms with E-state index >= 15 is 0 Å². The van der Waals surface area contributed by atoms with Crippen molar-refractivity contribution in [2.45, 2.75) is 6.42 Å². The third kappa shape index (κ3) is 5.55. The molecule has 0 aliphatic heterocycles. The fraction of sp³-hybridized carbons (Fsp3) is 0.0400. The van der Waals surface area contributed by atoms with Crippen molar-refractivity contribution in [1.82, 2.24) is 9.97 Å². The van der Waals surface area contributed by atoms with Gasteiger partial charge in [-0.3, -0.25) is 19.5 Å². The number of carbonyl (C=O) groups is 2. The van der Waals surface area contributed by atoms with E-state index in [1.807, 2.05) is 30.3 Å². The third-order valence-corrected chi connectivity index (χ3v) is 5.32. The van der Waals surface area contributed by atoms with Crippen LogP contribution >= 0.6 is 23.2 Å². The smallest absolute Gasteiger partial charge is 0.255 e. The van der Waals surface area contributed by atoms with E-state index < -0.39 is 0 Å². The number of nitrogens with one attached hydrogen (secondary N) is 1. The van der Waals surface area contributed by atoms with E-state index in [1.54, 1.807) is 48.7 Å². The van der Waals surface area contributed by atoms with Crippen molar-refractivity contribution in [3.8, 4) is 0 Å². The minimum absolute atomic E-state index is 0.321. The Hall–Kier alpha value is -3.74. The molecule has 0 unspecified atom stereocenters. The number of benzene rings is 2. The summed E-state index contributed by atoms with van der Waals surface area (Å²) in [5.41, 5.74) is 3.25. The van der Waals surface area contributed by atoms with E-state index in [-0.39, 0.29) is 5.91 Å². The summed E-state index contributed by atoms with van der Waals surface area (Å²) < 4.78 is 0. The minimum Gasteiger partial charge on any atom is -0.320 e. The van der Waals surface area contributed by atoms with Crippen LogP contribution in [0.1, 0.15) is 21.6 Å². The van der Waals surface area contributed by atoms with Gasteiger partial charge < -0.3 is 5.32 Å². The molecule has 0 saturated carbocycles. The first kappa shape index (κ1) is 22.5. The maximum atomic E-state index is 12.9. The number of nitrogens with zero attached hydrogens (tertiary/aromatic N) is 3. The van der Waals surface area contributed by atoms with Gasteiger partial charge in [0.05, 0.1) is 16.4 Å². The maximum Gasteiger partial charge on any atom is 0.255 e. The van der Waals surface area contributed by atoms with E-state index in [0.29, 0.717) is 45.6 Å². The predicted octanol–water partition coefficient (Wildman–Crippen LogP) is 5.92. The van der Waals surface area contributed by atoms with E-state index in [2.05, 4.69) is 15.3 Å². The van der Waals surface area contributed by atoms with Crippen LogP contribution in [-0.2, 0) is 11.2 Å². The number of hydrogen-bond donors (Lipinski definition) is 1. The minimum atomic E-state index is -0.321. The Labute approximate surface area is 200 Å². The largest absolute Gasteiger partial charge is 0.320 e. The number of carbonyl (C=O) groups excluding carboxylic acids is 2. The normalized spacial score (nSPS) is 10.5. The van der Waals surface area contributed by atoms with Crippen LogP contribution in [0.15, 0.2) is 85.2 Å². The second kappa shape index (κ2) is 10.3. The van der Waals surface area contributed by atoms with Crippen LogP contribution in [-0.4, -0.2) is 22.3 Å². The Bertz CT molecular complexity index is 1260. The number of pyridine rings is 2. The van der Waals surface area contributed by atoms with Crippen molar-refractivity contribution in [2.75, 3.05) is 10.2 Å². The molecule has 33 heavy (non-hydrogen) atoms. The molecule has 2 aromatic heterocycles. The predicted molar refractivity (Wildman–Crippen MR) is 130 cm³/mol. The molecule has 0 spiro atoms. The topological polar surface area (TPSA) is 75.2 Å². The number of anilines is 3. The van der Waals surface area contributed by atoms with Crippen LogP contribution < -0.4 is 10.2 Å². The lowest BCUT2D eigenvalue weighted by Crippen LogP contribution is -2.19. The summed E-state index contributed by atoms with van der Waals surface area (Å²) in [6.45, 7) is 0. The Morgan fingerprint density at radius 2 is 1.73 bits per heavy atom. The van der Waals surface area contributed by atoms with Crippen LogP contribution in [0.4, 0.5) is 17.2 Å². The quantitative estimate of drug-likeness (QED) is 0.335. The lowest BCUT2D eigenvalue weighted by atomic mass is 10.1. The molecule has 8 heteroatoms. The first-order valence-electron chi connectivity index (χ1n) is 9.99. The number of amides is 2. The highest BCUT2D eigenvalue weighted by Crippen LogP contribution is 2.33. The van der Waals surface area contributed by atoms with Gasteiger partial charge >= 0.3 is 0 Å². The van der Waals surface area contributed by atoms with Crippen molar-refractivity contribution in [3.05, 3.63) is 112 Å². The monoisotopic (exact) mass is 476 g/mol. The van der Waals surface area contributed by atoms with Gasteiger partial charge in [-0.25, -0.2) is 4.98 Å². The van der Waals surface area contributed by atoms with Gasteiger partial charge in [0.15, 0.2) is 0 Å². The molecule has 1 N–H and O–H groups in total. The third-order valence-electron chi connectivity index (χ3n) is 4.86. The van der Waals surface area contributed by atoms with E-state index in [4.69, 9.17) is 23.2 Å². The first-order chi connectivity index (χ1) is 16.0. The van der Waals surface area contributed by atoms with Gasteiger partial charge in [-0.1, -0.05) is 41.4 Å². The first-order valence-corrected chi connectivity index (χ1v) is 10.7. The number of aromatic nitrogens is 2. The molecule has 2 amide bonds. The van der Waals surface area contributed by atoms with Crippen LogP contribution in [0.3, 0.4) is 0 Å². The van der Waals surface area contributed by atoms with Crippen molar-refractivity contribution >= 4 is 52.7 Å². The molecule has 2 heterocycles. The second-order valence-electron chi connectivity index (χ2n) is 7.12. The molecule has 0 aliphatic rings. The van der Waals surface area contributed by atoms with Crippen LogP contribution in [0.5, 0.6) is 0 Å². The van der Waals surface area contributed by atoms with Gasteiger partial charge in [0.2, 0.25) is 6.41 Å². The molecule has 4 rings (SSSR count). The Balaban J connectivity index is 1.55. The lowest BCUT2D eigenvalue weighted by molar-refractivity contribution is -0.106. The molecule has 164 valence electrons. The SMILES string of the molecule is O=CN(c1ccc(Cl)cn1)c1cc(Cl)ccc1NC(=O)c1ccc(Cc2ccccn2)cc1. The summed E-state index contributed by atoms with van der Waals surface area (Å²) in [6.07, 6.45) is 4.46. The van der Waals surface area contributed by atoms with Crippen LogP contribution in [0.25, 0.3) is 0 Å². The standard InChI is InChI=1S/C25H18Cl2N4O2/c26-19-8-10-22(23(14-19)31(16-32)24-11-9-20(27)15-29-24)30-25(33)18-6-4-17(5-7-18)13-21-3-1-2-12-28-21/h1-12,14-16H,13H2,(H,30,33). The number of rotatable bonds is 7. The zero-order chi connectivity index (χ0) is 23.2. The average molecular weight is 477 g/mol. The molecule has 0 saturated heterocycles. The highest BCUT2D eigenvalue weighted by atomic mass is 35.5. The fourth-order valence-corrected chi connectivity index (χ4v) is 3.51. The summed E-state index contributed by atoms with van der Waals surface area (Å²) in [4.78, 5) is 34.6. The van der Waals surface area contributed by atoms with E-state index in [1.165, 1.54) is 11.1 Å². The summed E-state index contributed by atoms with van der Waals surface area (Å²) in [5, 5.41) is 3.70. The van der Waals surface area contributed by atoms with Crippen molar-refractivity contribution in [2.24, 2.45) is 0 Å². The Kier molecular flexibility index (Phi) is 6.98. The van der Waals surface area contributed by atoms with Gasteiger partial charge in [-0.05, 0) is 60.2 Å². The average Bonchev–Trinajstić information content (AvgIpc) is 2.83. The summed E-state index contributed by atoms with van der Waals surface area (Å²) >= 11 is 12.1. The lowest BCUT2D eigenvalue weighted by Gasteiger charge is -2.20. The van der Waals surface area contributed by atoms with Gasteiger partial charge in [-0.2, -0.15) is 0 Å². The Morgan fingerprint density at radius 3 is 2.39 bits per heavy atom. The molecule has 0 fully saturated rings. The highest BCUT2D eigenvalue weighted by Gasteiger charge is 2.17. The molecule has 0 atom stereocenters. The zero-order valence-corrected chi connectivity index (χ0v) is 18.8. The van der Waals surface area contributed by atoms with Crippen molar-refractivity contribution in [3.63, 3.8) is 0 Å². The van der Waals surface area contributed by atoms with Gasteiger partial charge in [0.1, 0.15) is 5.82 Å². The number of halogens is 2. The second-order valence-corrected chi connectivity index (χ2v) is 7.99. The van der Waals surface area contributed by atoms with Gasteiger partial charge in [-0.15, -0.1) is 0 Å². The summed E-state index contributed by atoms with van der Waals surface area (Å²) in [7, 11) is 0. The summed E-state index contributed by atoms with van der Waals surface area (Å²) in [5.74, 6) is 0.0175. The Morgan fingerprint density at radius 1 is 0.939 bits per heavy atom. The highest BCUT2D eigenvalue weighted by molar-refractivity contribution is 6.31. The van der Waals surface area contributed by atoms with E-state index in [9.17, 15) is 9.59 Å². The van der Waals surface area contributed by atoms with Gasteiger partial charge in [0.25, 0.3) is 5.91 Å². The van der Waals surface area contributed by atoms with Crippen molar-refractivity contribution < 1.29 is 9.59 Å². The molecule has 4 aromatic rings. The van der Waals surface area contributed by atoms with Crippen molar-refractivity contribution in [1.29, 1.82) is 0 Å². The maximum absolute atomic E-state index is 12.9. The molecular weight excluding hydrogens is 459 g/mol. The number of hydrogen-bond acceptors (Lipinski definition) is 4. The molecule has 2 aromatic carbocycles. The summed E-state index contributed by atoms with van der Waals surface area (Å²) in [6, 6.07) is 21.1. The molecule has 6 nitrogen and oxygen atoms in total. The molecular formula is C25H18Cl2N4O2. The molecule has 0 bridgehead atoms. The van der Waals surface area contributed by atoms with E-state index in [0.717, 1.165) is 11.3 Å². The molecule has 0 radical (unpaired) electrons. The fourth-order valence-electron chi connectivity index (χ4n) is 3.23. The molecule has 0 aliphatic carbocycles. The zero-order valence-electron chi connectivity index (χ0n) is 17.3. The van der Waals surface area contributed by atoms with Gasteiger partial charge in [0, 0.05) is 35.1 Å². The van der Waals surface area contributed by atoms with Crippen LogP contribution in [0, 0.1) is 0 Å².